The molecule has 1 aromatic rings. The number of rotatable bonds is 7. The fraction of sp³-hybridized carbons (Fsp3) is 0.733. The lowest BCUT2D eigenvalue weighted by molar-refractivity contribution is -0.127. The van der Waals surface area contributed by atoms with E-state index in [-0.39, 0.29) is 18.6 Å². The lowest BCUT2D eigenvalue weighted by Crippen LogP contribution is -2.32. The molecule has 1 amide bonds. The molecule has 1 aliphatic heterocycles. The normalized spacial score (nSPS) is 18.7. The molecule has 1 fully saturated rings. The van der Waals surface area contributed by atoms with Gasteiger partial charge in [0, 0.05) is 24.4 Å². The molecule has 1 saturated heterocycles. The molecule has 0 saturated carbocycles. The van der Waals surface area contributed by atoms with E-state index in [0.717, 1.165) is 36.6 Å². The first-order valence-electron chi connectivity index (χ1n) is 7.54. The van der Waals surface area contributed by atoms with Gasteiger partial charge in [0.1, 0.15) is 6.61 Å². The summed E-state index contributed by atoms with van der Waals surface area (Å²) in [5.74, 6) is -0.0733. The van der Waals surface area contributed by atoms with Crippen molar-refractivity contribution in [2.45, 2.75) is 45.6 Å². The van der Waals surface area contributed by atoms with Gasteiger partial charge in [-0.15, -0.1) is 11.3 Å². The van der Waals surface area contributed by atoms with Crippen LogP contribution in [0.3, 0.4) is 0 Å². The van der Waals surface area contributed by atoms with Gasteiger partial charge in [0.15, 0.2) is 0 Å². The van der Waals surface area contributed by atoms with Crippen molar-refractivity contribution < 1.29 is 14.3 Å². The predicted molar refractivity (Wildman–Crippen MR) is 82.7 cm³/mol. The number of aromatic nitrogens is 1. The molecule has 0 aromatic carbocycles. The standard InChI is InChI=1S/C15H24N2O3S/c1-11-12(2)21-15(17-11)6-7-16-14(18)10-19-9-13-5-3-4-8-20-13/h13H,3-10H2,1-2H3,(H,16,18)/t13-/m1/s1. The van der Waals surface area contributed by atoms with Crippen LogP contribution in [0.4, 0.5) is 0 Å². The van der Waals surface area contributed by atoms with Crippen molar-refractivity contribution in [3.8, 4) is 0 Å². The van der Waals surface area contributed by atoms with Crippen LogP contribution in [0.25, 0.3) is 0 Å². The molecule has 5 nitrogen and oxygen atoms in total. The van der Waals surface area contributed by atoms with E-state index in [1.54, 1.807) is 11.3 Å². The Labute approximate surface area is 130 Å². The minimum absolute atomic E-state index is 0.0733. The lowest BCUT2D eigenvalue weighted by Gasteiger charge is -2.22. The van der Waals surface area contributed by atoms with Gasteiger partial charge >= 0.3 is 0 Å². The highest BCUT2D eigenvalue weighted by Crippen LogP contribution is 2.16. The predicted octanol–water partition coefficient (Wildman–Crippen LogP) is 2.00. The molecule has 0 spiro atoms. The SMILES string of the molecule is Cc1nc(CCNC(=O)COC[C@H]2CCCCO2)sc1C. The number of nitrogens with one attached hydrogen (secondary N) is 1. The van der Waals surface area contributed by atoms with Crippen molar-refractivity contribution in [1.82, 2.24) is 10.3 Å². The molecular weight excluding hydrogens is 288 g/mol. The molecule has 2 heterocycles. The lowest BCUT2D eigenvalue weighted by atomic mass is 10.1. The van der Waals surface area contributed by atoms with Crippen molar-refractivity contribution in [2.24, 2.45) is 0 Å². The third kappa shape index (κ3) is 5.73. The van der Waals surface area contributed by atoms with E-state index in [0.29, 0.717) is 13.2 Å². The Bertz CT molecular complexity index is 436. The van der Waals surface area contributed by atoms with Crippen LogP contribution >= 0.6 is 11.3 Å². The summed E-state index contributed by atoms with van der Waals surface area (Å²) in [5.41, 5.74) is 1.08. The molecule has 0 unspecified atom stereocenters. The Kier molecular flexibility index (Phi) is 6.60. The van der Waals surface area contributed by atoms with Gasteiger partial charge in [0.25, 0.3) is 0 Å². The maximum Gasteiger partial charge on any atom is 0.246 e. The quantitative estimate of drug-likeness (QED) is 0.836. The molecule has 1 aromatic heterocycles. The fourth-order valence-corrected chi connectivity index (χ4v) is 3.16. The van der Waals surface area contributed by atoms with E-state index < -0.39 is 0 Å². The van der Waals surface area contributed by atoms with Crippen LogP contribution in [0.2, 0.25) is 0 Å². The van der Waals surface area contributed by atoms with E-state index in [9.17, 15) is 4.79 Å². The summed E-state index contributed by atoms with van der Waals surface area (Å²) in [6, 6.07) is 0. The third-order valence-corrected chi connectivity index (χ3v) is 4.68. The molecule has 0 radical (unpaired) electrons. The van der Waals surface area contributed by atoms with Crippen LogP contribution in [-0.2, 0) is 20.7 Å². The first-order chi connectivity index (χ1) is 10.1. The fourth-order valence-electron chi connectivity index (χ4n) is 2.23. The molecule has 0 aliphatic carbocycles. The molecule has 1 N–H and O–H groups in total. The third-order valence-electron chi connectivity index (χ3n) is 3.54. The summed E-state index contributed by atoms with van der Waals surface area (Å²) in [6.45, 7) is 6.11. The van der Waals surface area contributed by atoms with Gasteiger partial charge in [-0.25, -0.2) is 4.98 Å². The molecule has 2 rings (SSSR count). The summed E-state index contributed by atoms with van der Waals surface area (Å²) in [4.78, 5) is 17.3. The van der Waals surface area contributed by atoms with Crippen LogP contribution in [0.1, 0.15) is 34.8 Å². The highest BCUT2D eigenvalue weighted by Gasteiger charge is 2.14. The number of carbonyl (C=O) groups is 1. The summed E-state index contributed by atoms with van der Waals surface area (Å²) < 4.78 is 11.0. The van der Waals surface area contributed by atoms with Crippen LogP contribution in [0.15, 0.2) is 0 Å². The molecule has 1 aliphatic rings. The second-order valence-corrected chi connectivity index (χ2v) is 6.64. The topological polar surface area (TPSA) is 60.5 Å². The van der Waals surface area contributed by atoms with E-state index >= 15 is 0 Å². The zero-order valence-electron chi connectivity index (χ0n) is 12.8. The largest absolute Gasteiger partial charge is 0.376 e. The highest BCUT2D eigenvalue weighted by atomic mass is 32.1. The maximum absolute atomic E-state index is 11.7. The molecule has 6 heteroatoms. The average Bonchev–Trinajstić information content (AvgIpc) is 2.79. The molecule has 0 bridgehead atoms. The molecule has 1 atom stereocenters. The molecule has 118 valence electrons. The van der Waals surface area contributed by atoms with Crippen molar-refractivity contribution in [3.05, 3.63) is 15.6 Å². The number of aryl methyl sites for hydroxylation is 2. The minimum Gasteiger partial charge on any atom is -0.376 e. The van der Waals surface area contributed by atoms with E-state index in [2.05, 4.69) is 17.2 Å². The van der Waals surface area contributed by atoms with Gasteiger partial charge in [-0.2, -0.15) is 0 Å². The Morgan fingerprint density at radius 2 is 2.33 bits per heavy atom. The van der Waals surface area contributed by atoms with Crippen LogP contribution in [-0.4, -0.2) is 43.4 Å². The number of nitrogens with zero attached hydrogens (tertiary/aromatic N) is 1. The number of amides is 1. The van der Waals surface area contributed by atoms with Crippen molar-refractivity contribution >= 4 is 17.2 Å². The Hall–Kier alpha value is -0.980. The first-order valence-corrected chi connectivity index (χ1v) is 8.35. The zero-order valence-corrected chi connectivity index (χ0v) is 13.6. The maximum atomic E-state index is 11.7. The summed E-state index contributed by atoms with van der Waals surface area (Å²) >= 11 is 1.69. The zero-order chi connectivity index (χ0) is 15.1. The summed E-state index contributed by atoms with van der Waals surface area (Å²) in [5, 5.41) is 3.93. The van der Waals surface area contributed by atoms with E-state index in [1.165, 1.54) is 11.3 Å². The average molecular weight is 312 g/mol. The van der Waals surface area contributed by atoms with Crippen molar-refractivity contribution in [1.29, 1.82) is 0 Å². The van der Waals surface area contributed by atoms with E-state index in [1.807, 2.05) is 6.92 Å². The van der Waals surface area contributed by atoms with Gasteiger partial charge < -0.3 is 14.8 Å². The Balaban J connectivity index is 1.55. The molecule has 21 heavy (non-hydrogen) atoms. The second-order valence-electron chi connectivity index (χ2n) is 5.35. The summed E-state index contributed by atoms with van der Waals surface area (Å²) in [6.07, 6.45) is 4.29. The number of hydrogen-bond acceptors (Lipinski definition) is 5. The van der Waals surface area contributed by atoms with Crippen LogP contribution in [0, 0.1) is 13.8 Å². The minimum atomic E-state index is -0.0733. The number of thiazole rings is 1. The van der Waals surface area contributed by atoms with Crippen LogP contribution in [0.5, 0.6) is 0 Å². The number of ether oxygens (including phenoxy) is 2. The summed E-state index contributed by atoms with van der Waals surface area (Å²) in [7, 11) is 0. The highest BCUT2D eigenvalue weighted by molar-refractivity contribution is 7.11. The van der Waals surface area contributed by atoms with Gasteiger partial charge in [-0.1, -0.05) is 0 Å². The first kappa shape index (κ1) is 16.4. The van der Waals surface area contributed by atoms with Gasteiger partial charge in [-0.05, 0) is 33.1 Å². The van der Waals surface area contributed by atoms with Crippen molar-refractivity contribution in [3.63, 3.8) is 0 Å². The Morgan fingerprint density at radius 1 is 1.48 bits per heavy atom. The van der Waals surface area contributed by atoms with Crippen LogP contribution < -0.4 is 5.32 Å². The van der Waals surface area contributed by atoms with Crippen molar-refractivity contribution in [2.75, 3.05) is 26.4 Å². The number of carbonyl (C=O) groups excluding carboxylic acids is 1. The monoisotopic (exact) mass is 312 g/mol. The second kappa shape index (κ2) is 8.46. The number of hydrogen-bond donors (Lipinski definition) is 1. The van der Waals surface area contributed by atoms with Gasteiger partial charge in [-0.3, -0.25) is 4.79 Å². The smallest absolute Gasteiger partial charge is 0.246 e. The van der Waals surface area contributed by atoms with E-state index in [4.69, 9.17) is 9.47 Å². The van der Waals surface area contributed by atoms with Gasteiger partial charge in [0.05, 0.1) is 23.4 Å². The van der Waals surface area contributed by atoms with Gasteiger partial charge in [0.2, 0.25) is 5.91 Å². The molecular formula is C15H24N2O3S. The Morgan fingerprint density at radius 3 is 3.00 bits per heavy atom.